The third kappa shape index (κ3) is 3.65. The zero-order valence-electron chi connectivity index (χ0n) is 11.5. The smallest absolute Gasteiger partial charge is 0.0666 e. The van der Waals surface area contributed by atoms with Gasteiger partial charge in [-0.25, -0.2) is 0 Å². The number of aryl methyl sites for hydroxylation is 2. The molecule has 0 saturated heterocycles. The minimum atomic E-state index is 0.115. The Balaban J connectivity index is 1.85. The van der Waals surface area contributed by atoms with Gasteiger partial charge >= 0.3 is 0 Å². The second kappa shape index (κ2) is 6.49. The molecule has 0 fully saturated rings. The van der Waals surface area contributed by atoms with Crippen LogP contribution in [-0.2, 0) is 33.1 Å². The van der Waals surface area contributed by atoms with E-state index >= 15 is 0 Å². The van der Waals surface area contributed by atoms with Gasteiger partial charge < -0.3 is 10.4 Å². The molecule has 0 bridgehead atoms. The van der Waals surface area contributed by atoms with Crippen molar-refractivity contribution in [3.05, 3.63) is 35.4 Å². The summed E-state index contributed by atoms with van der Waals surface area (Å²) in [6, 6.07) is 0. The zero-order chi connectivity index (χ0) is 13.7. The standard InChI is InChI=1S/C13H21N5O/c1-3-13-12(10-17(2)16-13)8-14-6-11-7-15-18(9-11)4-5-19/h7,9-10,14,19H,3-6,8H2,1-2H3. The third-order valence-corrected chi connectivity index (χ3v) is 2.99. The highest BCUT2D eigenvalue weighted by Gasteiger charge is 2.05. The van der Waals surface area contributed by atoms with Crippen LogP contribution in [0.2, 0.25) is 0 Å². The number of nitrogens with one attached hydrogen (secondary N) is 1. The van der Waals surface area contributed by atoms with Gasteiger partial charge in [-0.1, -0.05) is 6.92 Å². The number of nitrogens with zero attached hydrogens (tertiary/aromatic N) is 4. The van der Waals surface area contributed by atoms with Crippen LogP contribution in [-0.4, -0.2) is 31.3 Å². The molecule has 2 aromatic heterocycles. The number of aromatic nitrogens is 4. The Hall–Kier alpha value is -1.66. The molecule has 0 atom stereocenters. The van der Waals surface area contributed by atoms with E-state index in [0.29, 0.717) is 6.54 Å². The summed E-state index contributed by atoms with van der Waals surface area (Å²) in [7, 11) is 1.95. The van der Waals surface area contributed by atoms with Crippen LogP contribution in [0, 0.1) is 0 Å². The third-order valence-electron chi connectivity index (χ3n) is 2.99. The van der Waals surface area contributed by atoms with Crippen molar-refractivity contribution in [2.45, 2.75) is 33.0 Å². The van der Waals surface area contributed by atoms with Crippen LogP contribution >= 0.6 is 0 Å². The lowest BCUT2D eigenvalue weighted by Gasteiger charge is -2.02. The average molecular weight is 263 g/mol. The van der Waals surface area contributed by atoms with E-state index in [1.165, 1.54) is 5.56 Å². The van der Waals surface area contributed by atoms with Crippen LogP contribution in [0.5, 0.6) is 0 Å². The predicted octanol–water partition coefficient (Wildman–Crippen LogP) is 0.461. The van der Waals surface area contributed by atoms with Crippen LogP contribution in [0.1, 0.15) is 23.7 Å². The van der Waals surface area contributed by atoms with Gasteiger partial charge in [0.15, 0.2) is 0 Å². The Bertz CT molecular complexity index is 517. The summed E-state index contributed by atoms with van der Waals surface area (Å²) in [6.45, 7) is 4.35. The summed E-state index contributed by atoms with van der Waals surface area (Å²) in [5, 5.41) is 20.8. The summed E-state index contributed by atoms with van der Waals surface area (Å²) < 4.78 is 3.60. The van der Waals surface area contributed by atoms with Gasteiger partial charge in [0, 0.05) is 43.7 Å². The first kappa shape index (κ1) is 13.8. The normalized spacial score (nSPS) is 11.1. The molecule has 2 aromatic rings. The average Bonchev–Trinajstić information content (AvgIpc) is 2.97. The second-order valence-electron chi connectivity index (χ2n) is 4.57. The maximum atomic E-state index is 8.83. The monoisotopic (exact) mass is 263 g/mol. The SMILES string of the molecule is CCc1nn(C)cc1CNCc1cnn(CCO)c1. The predicted molar refractivity (Wildman–Crippen MR) is 72.4 cm³/mol. The molecule has 2 heterocycles. The first-order valence-electron chi connectivity index (χ1n) is 6.57. The highest BCUT2D eigenvalue weighted by Crippen LogP contribution is 2.07. The highest BCUT2D eigenvalue weighted by atomic mass is 16.3. The van der Waals surface area contributed by atoms with Gasteiger partial charge in [-0.15, -0.1) is 0 Å². The van der Waals surface area contributed by atoms with Gasteiger partial charge in [-0.3, -0.25) is 9.36 Å². The topological polar surface area (TPSA) is 67.9 Å². The maximum absolute atomic E-state index is 8.83. The Morgan fingerprint density at radius 2 is 2.16 bits per heavy atom. The van der Waals surface area contributed by atoms with E-state index in [1.807, 2.05) is 24.1 Å². The molecule has 0 unspecified atom stereocenters. The van der Waals surface area contributed by atoms with Gasteiger partial charge in [0.1, 0.15) is 0 Å². The van der Waals surface area contributed by atoms with E-state index in [4.69, 9.17) is 5.11 Å². The van der Waals surface area contributed by atoms with Gasteiger partial charge in [-0.05, 0) is 6.42 Å². The molecule has 6 nitrogen and oxygen atoms in total. The molecule has 0 aromatic carbocycles. The fourth-order valence-corrected chi connectivity index (χ4v) is 2.09. The van der Waals surface area contributed by atoms with Crippen molar-refractivity contribution in [2.75, 3.05) is 6.61 Å². The number of rotatable bonds is 7. The summed E-state index contributed by atoms with van der Waals surface area (Å²) in [4.78, 5) is 0. The van der Waals surface area contributed by atoms with Gasteiger partial charge in [0.25, 0.3) is 0 Å². The summed E-state index contributed by atoms with van der Waals surface area (Å²) >= 11 is 0. The highest BCUT2D eigenvalue weighted by molar-refractivity contribution is 5.17. The quantitative estimate of drug-likeness (QED) is 0.761. The van der Waals surface area contributed by atoms with Gasteiger partial charge in [0.2, 0.25) is 0 Å². The Labute approximate surface area is 113 Å². The van der Waals surface area contributed by atoms with Crippen LogP contribution in [0.25, 0.3) is 0 Å². The van der Waals surface area contributed by atoms with E-state index in [-0.39, 0.29) is 6.61 Å². The van der Waals surface area contributed by atoms with Gasteiger partial charge in [-0.2, -0.15) is 10.2 Å². The van der Waals surface area contributed by atoms with Crippen molar-refractivity contribution in [1.29, 1.82) is 0 Å². The fourth-order valence-electron chi connectivity index (χ4n) is 2.09. The Morgan fingerprint density at radius 1 is 1.32 bits per heavy atom. The number of aliphatic hydroxyl groups excluding tert-OH is 1. The molecule has 0 amide bonds. The lowest BCUT2D eigenvalue weighted by atomic mass is 10.2. The molecule has 2 rings (SSSR count). The molecular formula is C13H21N5O. The lowest BCUT2D eigenvalue weighted by molar-refractivity contribution is 0.269. The first-order valence-corrected chi connectivity index (χ1v) is 6.57. The van der Waals surface area contributed by atoms with Crippen LogP contribution in [0.3, 0.4) is 0 Å². The molecular weight excluding hydrogens is 242 g/mol. The summed E-state index contributed by atoms with van der Waals surface area (Å²) in [6.07, 6.45) is 6.78. The first-order chi connectivity index (χ1) is 9.22. The van der Waals surface area contributed by atoms with Crippen molar-refractivity contribution < 1.29 is 5.11 Å². The van der Waals surface area contributed by atoms with Crippen molar-refractivity contribution in [3.8, 4) is 0 Å². The van der Waals surface area contributed by atoms with Crippen LogP contribution in [0.15, 0.2) is 18.6 Å². The zero-order valence-corrected chi connectivity index (χ0v) is 11.5. The van der Waals surface area contributed by atoms with E-state index in [9.17, 15) is 0 Å². The molecule has 0 radical (unpaired) electrons. The van der Waals surface area contributed by atoms with E-state index < -0.39 is 0 Å². The summed E-state index contributed by atoms with van der Waals surface area (Å²) in [5.41, 5.74) is 3.51. The largest absolute Gasteiger partial charge is 0.394 e. The number of hydrogen-bond donors (Lipinski definition) is 2. The lowest BCUT2D eigenvalue weighted by Crippen LogP contribution is -2.13. The van der Waals surface area contributed by atoms with E-state index in [2.05, 4.69) is 28.6 Å². The van der Waals surface area contributed by atoms with Gasteiger partial charge in [0.05, 0.1) is 25.0 Å². The molecule has 0 aliphatic carbocycles. The molecule has 0 saturated carbocycles. The molecule has 104 valence electrons. The Morgan fingerprint density at radius 3 is 2.89 bits per heavy atom. The van der Waals surface area contributed by atoms with Crippen LogP contribution in [0.4, 0.5) is 0 Å². The Kier molecular flexibility index (Phi) is 4.70. The fraction of sp³-hybridized carbons (Fsp3) is 0.538. The van der Waals surface area contributed by atoms with Crippen molar-refractivity contribution in [1.82, 2.24) is 24.9 Å². The minimum absolute atomic E-state index is 0.115. The van der Waals surface area contributed by atoms with Crippen molar-refractivity contribution >= 4 is 0 Å². The molecule has 19 heavy (non-hydrogen) atoms. The number of hydrogen-bond acceptors (Lipinski definition) is 4. The second-order valence-corrected chi connectivity index (χ2v) is 4.57. The van der Waals surface area contributed by atoms with E-state index in [1.54, 1.807) is 4.68 Å². The van der Waals surface area contributed by atoms with Crippen molar-refractivity contribution in [2.24, 2.45) is 7.05 Å². The molecule has 0 aliphatic heterocycles. The summed E-state index contributed by atoms with van der Waals surface area (Å²) in [5.74, 6) is 0. The number of aliphatic hydroxyl groups is 1. The van der Waals surface area contributed by atoms with Crippen molar-refractivity contribution in [3.63, 3.8) is 0 Å². The molecule has 0 aliphatic rings. The van der Waals surface area contributed by atoms with Crippen LogP contribution < -0.4 is 5.32 Å². The maximum Gasteiger partial charge on any atom is 0.0666 e. The molecule has 0 spiro atoms. The molecule has 2 N–H and O–H groups in total. The molecule has 6 heteroatoms. The van der Waals surface area contributed by atoms with E-state index in [0.717, 1.165) is 30.8 Å². The minimum Gasteiger partial charge on any atom is -0.394 e.